The van der Waals surface area contributed by atoms with E-state index >= 15 is 0 Å². The van der Waals surface area contributed by atoms with Crippen LogP contribution >= 0.6 is 0 Å². The second kappa shape index (κ2) is 4.68. The van der Waals surface area contributed by atoms with Crippen LogP contribution in [0.2, 0.25) is 0 Å². The molecule has 1 unspecified atom stereocenters. The lowest BCUT2D eigenvalue weighted by molar-refractivity contribution is -0.120. The Morgan fingerprint density at radius 1 is 1.40 bits per heavy atom. The second-order valence-corrected chi connectivity index (χ2v) is 3.07. The van der Waals surface area contributed by atoms with E-state index < -0.39 is 17.7 Å². The van der Waals surface area contributed by atoms with Crippen LogP contribution < -0.4 is 4.74 Å². The molecule has 0 spiro atoms. The van der Waals surface area contributed by atoms with Crippen LogP contribution in [0.3, 0.4) is 0 Å². The monoisotopic (exact) mass is 210 g/mol. The van der Waals surface area contributed by atoms with E-state index in [-0.39, 0.29) is 5.56 Å². The topological polar surface area (TPSA) is 43.4 Å². The molecule has 0 radical (unpaired) electrons. The SMILES string of the molecule is COc1cccc(C(=O)C(F)C(C)=O)c1. The van der Waals surface area contributed by atoms with Crippen molar-refractivity contribution in [1.82, 2.24) is 0 Å². The molecule has 0 aliphatic rings. The van der Waals surface area contributed by atoms with Gasteiger partial charge in [-0.2, -0.15) is 0 Å². The molecule has 0 aliphatic heterocycles. The van der Waals surface area contributed by atoms with Gasteiger partial charge in [-0.15, -0.1) is 0 Å². The van der Waals surface area contributed by atoms with E-state index in [4.69, 9.17) is 4.74 Å². The van der Waals surface area contributed by atoms with Gasteiger partial charge in [0, 0.05) is 5.56 Å². The molecule has 0 fully saturated rings. The molecule has 0 bridgehead atoms. The first-order chi connectivity index (χ1) is 7.06. The van der Waals surface area contributed by atoms with Crippen LogP contribution in [-0.4, -0.2) is 24.8 Å². The summed E-state index contributed by atoms with van der Waals surface area (Å²) in [6, 6.07) is 6.05. The van der Waals surface area contributed by atoms with Crippen molar-refractivity contribution in [3.8, 4) is 5.75 Å². The Morgan fingerprint density at radius 2 is 2.07 bits per heavy atom. The first kappa shape index (κ1) is 11.4. The average molecular weight is 210 g/mol. The highest BCUT2D eigenvalue weighted by Crippen LogP contribution is 2.15. The fourth-order valence-corrected chi connectivity index (χ4v) is 1.11. The molecule has 4 heteroatoms. The summed E-state index contributed by atoms with van der Waals surface area (Å²) >= 11 is 0. The first-order valence-electron chi connectivity index (χ1n) is 4.39. The van der Waals surface area contributed by atoms with E-state index in [0.717, 1.165) is 6.92 Å². The van der Waals surface area contributed by atoms with Gasteiger partial charge in [0.1, 0.15) is 5.75 Å². The normalized spacial score (nSPS) is 11.9. The number of alkyl halides is 1. The van der Waals surface area contributed by atoms with E-state index in [1.165, 1.54) is 19.2 Å². The molecule has 1 rings (SSSR count). The summed E-state index contributed by atoms with van der Waals surface area (Å²) in [7, 11) is 1.45. The Labute approximate surface area is 86.9 Å². The van der Waals surface area contributed by atoms with Gasteiger partial charge in [-0.25, -0.2) is 4.39 Å². The zero-order valence-corrected chi connectivity index (χ0v) is 8.49. The van der Waals surface area contributed by atoms with E-state index in [0.29, 0.717) is 5.75 Å². The van der Waals surface area contributed by atoms with E-state index in [1.807, 2.05) is 0 Å². The van der Waals surface area contributed by atoms with E-state index in [1.54, 1.807) is 12.1 Å². The fraction of sp³-hybridized carbons (Fsp3) is 0.273. The number of rotatable bonds is 4. The lowest BCUT2D eigenvalue weighted by Crippen LogP contribution is -2.23. The lowest BCUT2D eigenvalue weighted by Gasteiger charge is -2.05. The molecule has 80 valence electrons. The number of hydrogen-bond donors (Lipinski definition) is 0. The number of Topliss-reactive ketones (excluding diaryl/α,β-unsaturated/α-hetero) is 2. The minimum atomic E-state index is -2.09. The summed E-state index contributed by atoms with van der Waals surface area (Å²) in [4.78, 5) is 22.1. The molecule has 15 heavy (non-hydrogen) atoms. The largest absolute Gasteiger partial charge is 0.497 e. The van der Waals surface area contributed by atoms with Crippen LogP contribution in [0.1, 0.15) is 17.3 Å². The molecule has 0 aromatic heterocycles. The van der Waals surface area contributed by atoms with Crippen molar-refractivity contribution in [3.05, 3.63) is 29.8 Å². The number of benzene rings is 1. The molecular formula is C11H11FO3. The maximum absolute atomic E-state index is 13.1. The van der Waals surface area contributed by atoms with Gasteiger partial charge >= 0.3 is 0 Å². The summed E-state index contributed by atoms with van der Waals surface area (Å²) in [5.74, 6) is -1.17. The smallest absolute Gasteiger partial charge is 0.220 e. The number of hydrogen-bond acceptors (Lipinski definition) is 3. The minimum Gasteiger partial charge on any atom is -0.497 e. The van der Waals surface area contributed by atoms with Crippen molar-refractivity contribution < 1.29 is 18.7 Å². The van der Waals surface area contributed by atoms with Gasteiger partial charge in [-0.3, -0.25) is 9.59 Å². The van der Waals surface area contributed by atoms with Crippen LogP contribution in [-0.2, 0) is 4.79 Å². The molecule has 0 amide bonds. The molecule has 0 saturated heterocycles. The number of carbonyl (C=O) groups is 2. The quantitative estimate of drug-likeness (QED) is 0.562. The minimum absolute atomic E-state index is 0.136. The molecule has 0 N–H and O–H groups in total. The molecule has 3 nitrogen and oxygen atoms in total. The van der Waals surface area contributed by atoms with Gasteiger partial charge in [0.25, 0.3) is 0 Å². The number of halogens is 1. The predicted molar refractivity (Wildman–Crippen MR) is 52.9 cm³/mol. The maximum atomic E-state index is 13.1. The summed E-state index contributed by atoms with van der Waals surface area (Å²) in [6.45, 7) is 1.04. The summed E-state index contributed by atoms with van der Waals surface area (Å²) in [5, 5.41) is 0. The summed E-state index contributed by atoms with van der Waals surface area (Å²) in [6.07, 6.45) is -2.09. The van der Waals surface area contributed by atoms with Gasteiger partial charge in [0.05, 0.1) is 7.11 Å². The molecule has 1 aromatic rings. The van der Waals surface area contributed by atoms with Gasteiger partial charge < -0.3 is 4.74 Å². The number of carbonyl (C=O) groups excluding carboxylic acids is 2. The molecule has 0 aliphatic carbocycles. The number of ether oxygens (including phenoxy) is 1. The maximum Gasteiger partial charge on any atom is 0.220 e. The Hall–Kier alpha value is -1.71. The van der Waals surface area contributed by atoms with Crippen LogP contribution in [0.25, 0.3) is 0 Å². The predicted octanol–water partition coefficient (Wildman–Crippen LogP) is 1.80. The third-order valence-corrected chi connectivity index (χ3v) is 1.94. The average Bonchev–Trinajstić information content (AvgIpc) is 2.27. The third kappa shape index (κ3) is 2.62. The van der Waals surface area contributed by atoms with Crippen LogP contribution in [0.15, 0.2) is 24.3 Å². The van der Waals surface area contributed by atoms with E-state index in [2.05, 4.69) is 0 Å². The fourth-order valence-electron chi connectivity index (χ4n) is 1.11. The Morgan fingerprint density at radius 3 is 2.60 bits per heavy atom. The highest BCUT2D eigenvalue weighted by molar-refractivity contribution is 6.12. The third-order valence-electron chi connectivity index (χ3n) is 1.94. The first-order valence-corrected chi connectivity index (χ1v) is 4.39. The Kier molecular flexibility index (Phi) is 3.55. The van der Waals surface area contributed by atoms with Crippen LogP contribution in [0, 0.1) is 0 Å². The number of ketones is 2. The summed E-state index contributed by atoms with van der Waals surface area (Å²) < 4.78 is 18.0. The van der Waals surface area contributed by atoms with Gasteiger partial charge in [-0.1, -0.05) is 12.1 Å². The van der Waals surface area contributed by atoms with Crippen molar-refractivity contribution in [1.29, 1.82) is 0 Å². The lowest BCUT2D eigenvalue weighted by atomic mass is 10.0. The standard InChI is InChI=1S/C11H11FO3/c1-7(13)10(12)11(14)8-4-3-5-9(6-8)15-2/h3-6,10H,1-2H3. The zero-order chi connectivity index (χ0) is 11.4. The molecular weight excluding hydrogens is 199 g/mol. The zero-order valence-electron chi connectivity index (χ0n) is 8.49. The highest BCUT2D eigenvalue weighted by atomic mass is 19.1. The van der Waals surface area contributed by atoms with Gasteiger partial charge in [-0.05, 0) is 19.1 Å². The van der Waals surface area contributed by atoms with Crippen LogP contribution in [0.4, 0.5) is 4.39 Å². The van der Waals surface area contributed by atoms with Crippen molar-refractivity contribution in [3.63, 3.8) is 0 Å². The van der Waals surface area contributed by atoms with Gasteiger partial charge in [0.15, 0.2) is 5.78 Å². The molecule has 1 atom stereocenters. The van der Waals surface area contributed by atoms with Crippen molar-refractivity contribution in [2.75, 3.05) is 7.11 Å². The van der Waals surface area contributed by atoms with Gasteiger partial charge in [0.2, 0.25) is 12.0 Å². The highest BCUT2D eigenvalue weighted by Gasteiger charge is 2.23. The number of methoxy groups -OCH3 is 1. The molecule has 1 aromatic carbocycles. The second-order valence-electron chi connectivity index (χ2n) is 3.07. The van der Waals surface area contributed by atoms with E-state index in [9.17, 15) is 14.0 Å². The summed E-state index contributed by atoms with van der Waals surface area (Å²) in [5.41, 5.74) is 0.136. The molecule has 0 saturated carbocycles. The van der Waals surface area contributed by atoms with Crippen LogP contribution in [0.5, 0.6) is 5.75 Å². The Bertz CT molecular complexity index is 387. The van der Waals surface area contributed by atoms with Crippen molar-refractivity contribution >= 4 is 11.6 Å². The Balaban J connectivity index is 2.96. The molecule has 0 heterocycles. The van der Waals surface area contributed by atoms with Crippen molar-refractivity contribution in [2.24, 2.45) is 0 Å². The van der Waals surface area contributed by atoms with Crippen molar-refractivity contribution in [2.45, 2.75) is 13.1 Å².